The van der Waals surface area contributed by atoms with Gasteiger partial charge in [-0.1, -0.05) is 30.3 Å². The minimum atomic E-state index is -1.11. The zero-order valence-electron chi connectivity index (χ0n) is 10.9. The van der Waals surface area contributed by atoms with E-state index >= 15 is 0 Å². The van der Waals surface area contributed by atoms with Crippen molar-refractivity contribution < 1.29 is 19.5 Å². The van der Waals surface area contributed by atoms with Crippen LogP contribution in [0, 0.1) is 0 Å². The lowest BCUT2D eigenvalue weighted by atomic mass is 10.0. The van der Waals surface area contributed by atoms with E-state index in [9.17, 15) is 19.5 Å². The van der Waals surface area contributed by atoms with Crippen LogP contribution in [-0.4, -0.2) is 46.4 Å². The largest absolute Gasteiger partial charge is 0.480 e. The van der Waals surface area contributed by atoms with Crippen LogP contribution in [-0.2, 0) is 11.2 Å². The van der Waals surface area contributed by atoms with Crippen molar-refractivity contribution in [2.24, 2.45) is 0 Å². The smallest absolute Gasteiger partial charge is 0.326 e. The molecule has 0 bridgehead atoms. The van der Waals surface area contributed by atoms with Crippen molar-refractivity contribution in [1.29, 1.82) is 0 Å². The molecule has 1 aromatic carbocycles. The number of amides is 4. The van der Waals surface area contributed by atoms with E-state index in [-0.39, 0.29) is 6.42 Å². The van der Waals surface area contributed by atoms with E-state index in [2.05, 4.69) is 16.0 Å². The van der Waals surface area contributed by atoms with Gasteiger partial charge in [0.25, 0.3) is 0 Å². The molecular formula is C13H14N4O4. The summed E-state index contributed by atoms with van der Waals surface area (Å²) in [6.07, 6.45) is -1.14. The molecule has 4 N–H and O–H groups in total. The van der Waals surface area contributed by atoms with Gasteiger partial charge in [0.1, 0.15) is 18.4 Å². The van der Waals surface area contributed by atoms with Crippen LogP contribution >= 0.6 is 0 Å². The molecule has 2 saturated heterocycles. The third-order valence-electron chi connectivity index (χ3n) is 3.59. The second-order valence-electron chi connectivity index (χ2n) is 4.94. The molecule has 110 valence electrons. The van der Waals surface area contributed by atoms with E-state index in [1.54, 1.807) is 24.3 Å². The van der Waals surface area contributed by atoms with Crippen LogP contribution in [0.4, 0.5) is 9.59 Å². The number of aliphatic carboxylic acids is 1. The summed E-state index contributed by atoms with van der Waals surface area (Å²) in [5.41, 5.74) is 0.804. The maximum Gasteiger partial charge on any atom is 0.326 e. The first kappa shape index (κ1) is 13.2. The topological polar surface area (TPSA) is 111 Å². The van der Waals surface area contributed by atoms with Crippen LogP contribution in [0.25, 0.3) is 0 Å². The first-order valence-electron chi connectivity index (χ1n) is 6.49. The van der Waals surface area contributed by atoms with Crippen molar-refractivity contribution in [3.05, 3.63) is 35.9 Å². The summed E-state index contributed by atoms with van der Waals surface area (Å²) in [5, 5.41) is 17.1. The van der Waals surface area contributed by atoms with Gasteiger partial charge in [-0.2, -0.15) is 0 Å². The number of carbonyl (C=O) groups is 3. The quantitative estimate of drug-likeness (QED) is 0.608. The SMILES string of the molecule is O=C1N[C@@H]2NC(=O)N([C@@H](Cc3ccccc3)C(=O)O)[C@@H]2N1. The highest BCUT2D eigenvalue weighted by molar-refractivity contribution is 5.88. The van der Waals surface area contributed by atoms with Gasteiger partial charge >= 0.3 is 18.0 Å². The summed E-state index contributed by atoms with van der Waals surface area (Å²) in [7, 11) is 0. The normalized spacial score (nSPS) is 24.9. The molecule has 1 aromatic rings. The average molecular weight is 290 g/mol. The number of hydrogen-bond donors (Lipinski definition) is 4. The lowest BCUT2D eigenvalue weighted by Gasteiger charge is -2.27. The van der Waals surface area contributed by atoms with Crippen molar-refractivity contribution in [3.8, 4) is 0 Å². The highest BCUT2D eigenvalue weighted by Crippen LogP contribution is 2.20. The predicted molar refractivity (Wildman–Crippen MR) is 71.2 cm³/mol. The van der Waals surface area contributed by atoms with Gasteiger partial charge in [-0.25, -0.2) is 14.4 Å². The van der Waals surface area contributed by atoms with Crippen LogP contribution in [0.1, 0.15) is 5.56 Å². The van der Waals surface area contributed by atoms with E-state index < -0.39 is 36.4 Å². The molecule has 0 aromatic heterocycles. The molecule has 4 amide bonds. The lowest BCUT2D eigenvalue weighted by molar-refractivity contribution is -0.142. The first-order valence-corrected chi connectivity index (χ1v) is 6.49. The van der Waals surface area contributed by atoms with Crippen molar-refractivity contribution in [1.82, 2.24) is 20.9 Å². The highest BCUT2D eigenvalue weighted by atomic mass is 16.4. The third kappa shape index (κ3) is 2.35. The van der Waals surface area contributed by atoms with Gasteiger partial charge in [0.15, 0.2) is 0 Å². The Morgan fingerprint density at radius 1 is 1.19 bits per heavy atom. The highest BCUT2D eigenvalue weighted by Gasteiger charge is 2.49. The Balaban J connectivity index is 1.85. The number of carboxylic acids is 1. The van der Waals surface area contributed by atoms with Gasteiger partial charge in [-0.05, 0) is 5.56 Å². The Labute approximate surface area is 120 Å². The van der Waals surface area contributed by atoms with Crippen LogP contribution in [0.2, 0.25) is 0 Å². The van der Waals surface area contributed by atoms with Gasteiger partial charge in [-0.15, -0.1) is 0 Å². The van der Waals surface area contributed by atoms with Crippen LogP contribution in [0.15, 0.2) is 30.3 Å². The fraction of sp³-hybridized carbons (Fsp3) is 0.308. The molecule has 2 aliphatic rings. The van der Waals surface area contributed by atoms with E-state index in [1.807, 2.05) is 6.07 Å². The van der Waals surface area contributed by atoms with E-state index in [1.165, 1.54) is 0 Å². The first-order chi connectivity index (χ1) is 10.1. The Morgan fingerprint density at radius 2 is 1.90 bits per heavy atom. The van der Waals surface area contributed by atoms with E-state index in [0.29, 0.717) is 0 Å². The second kappa shape index (κ2) is 4.97. The number of urea groups is 2. The molecule has 0 radical (unpaired) electrons. The van der Waals surface area contributed by atoms with Gasteiger partial charge in [0.05, 0.1) is 0 Å². The molecular weight excluding hydrogens is 276 g/mol. The Kier molecular flexibility index (Phi) is 3.13. The fourth-order valence-electron chi connectivity index (χ4n) is 2.64. The third-order valence-corrected chi connectivity index (χ3v) is 3.59. The number of hydrogen-bond acceptors (Lipinski definition) is 3. The molecule has 8 heteroatoms. The maximum atomic E-state index is 12.0. The van der Waals surface area contributed by atoms with Crippen molar-refractivity contribution in [2.75, 3.05) is 0 Å². The summed E-state index contributed by atoms with van der Waals surface area (Å²) >= 11 is 0. The van der Waals surface area contributed by atoms with Crippen molar-refractivity contribution in [2.45, 2.75) is 24.8 Å². The monoisotopic (exact) mass is 290 g/mol. The molecule has 0 spiro atoms. The fourth-order valence-corrected chi connectivity index (χ4v) is 2.64. The molecule has 2 aliphatic heterocycles. The minimum Gasteiger partial charge on any atom is -0.480 e. The molecule has 2 fully saturated rings. The average Bonchev–Trinajstić information content (AvgIpc) is 2.92. The lowest BCUT2D eigenvalue weighted by Crippen LogP contribution is -2.53. The minimum absolute atomic E-state index is 0.169. The molecule has 8 nitrogen and oxygen atoms in total. The predicted octanol–water partition coefficient (Wildman–Crippen LogP) is -0.328. The van der Waals surface area contributed by atoms with Gasteiger partial charge in [0.2, 0.25) is 0 Å². The Hall–Kier alpha value is -2.77. The van der Waals surface area contributed by atoms with Crippen LogP contribution < -0.4 is 16.0 Å². The standard InChI is InChI=1S/C13H14N4O4/c18-11(19)8(6-7-4-2-1-3-5-7)17-10-9(15-13(17)21)14-12(20)16-10/h1-5,8-10H,6H2,(H,15,21)(H,18,19)(H2,14,16,20)/t8-,9+,10-/m0/s1. The number of fused-ring (bicyclic) bond motifs is 1. The van der Waals surface area contributed by atoms with E-state index in [4.69, 9.17) is 0 Å². The number of nitrogens with one attached hydrogen (secondary N) is 3. The van der Waals surface area contributed by atoms with E-state index in [0.717, 1.165) is 10.5 Å². The molecule has 0 aliphatic carbocycles. The van der Waals surface area contributed by atoms with Crippen LogP contribution in [0.3, 0.4) is 0 Å². The Bertz CT molecular complexity index is 591. The summed E-state index contributed by atoms with van der Waals surface area (Å²) < 4.78 is 0. The molecule has 0 saturated carbocycles. The van der Waals surface area contributed by atoms with Crippen molar-refractivity contribution in [3.63, 3.8) is 0 Å². The summed E-state index contributed by atoms with van der Waals surface area (Å²) in [5.74, 6) is -1.11. The molecule has 2 heterocycles. The molecule has 21 heavy (non-hydrogen) atoms. The maximum absolute atomic E-state index is 12.0. The van der Waals surface area contributed by atoms with Gasteiger partial charge in [-0.3, -0.25) is 4.90 Å². The second-order valence-corrected chi connectivity index (χ2v) is 4.94. The number of nitrogens with zero attached hydrogens (tertiary/aromatic N) is 1. The van der Waals surface area contributed by atoms with Gasteiger partial charge < -0.3 is 21.1 Å². The number of benzene rings is 1. The summed E-state index contributed by atoms with van der Waals surface area (Å²) in [6.45, 7) is 0. The van der Waals surface area contributed by atoms with Crippen molar-refractivity contribution >= 4 is 18.0 Å². The number of rotatable bonds is 4. The molecule has 3 atom stereocenters. The number of carboxylic acid groups (broad SMARTS) is 1. The molecule has 3 rings (SSSR count). The zero-order chi connectivity index (χ0) is 15.0. The van der Waals surface area contributed by atoms with Crippen LogP contribution in [0.5, 0.6) is 0 Å². The zero-order valence-corrected chi connectivity index (χ0v) is 10.9. The summed E-state index contributed by atoms with van der Waals surface area (Å²) in [4.78, 5) is 36.0. The Morgan fingerprint density at radius 3 is 2.57 bits per heavy atom. The van der Waals surface area contributed by atoms with Gasteiger partial charge in [0, 0.05) is 6.42 Å². The number of carbonyl (C=O) groups excluding carboxylic acids is 2. The summed E-state index contributed by atoms with van der Waals surface area (Å²) in [6, 6.07) is 7.04. The molecule has 0 unspecified atom stereocenters.